The van der Waals surface area contributed by atoms with E-state index in [4.69, 9.17) is 5.73 Å². The van der Waals surface area contributed by atoms with Gasteiger partial charge in [0, 0.05) is 41.2 Å². The summed E-state index contributed by atoms with van der Waals surface area (Å²) in [7, 11) is 5.95. The second-order valence-electron chi connectivity index (χ2n) is 11.1. The van der Waals surface area contributed by atoms with Crippen LogP contribution in [0.25, 0.3) is 16.8 Å². The summed E-state index contributed by atoms with van der Waals surface area (Å²) >= 11 is 0. The lowest BCUT2D eigenvalue weighted by Gasteiger charge is -2.29. The van der Waals surface area contributed by atoms with E-state index in [0.29, 0.717) is 23.3 Å². The van der Waals surface area contributed by atoms with Crippen LogP contribution in [0.2, 0.25) is 0 Å². The maximum Gasteiger partial charge on any atom is 0.323 e. The number of carbonyl (C=O) groups excluding carboxylic acids is 1. The Kier molecular flexibility index (Phi) is 8.18. The molecule has 0 aliphatic carbocycles. The summed E-state index contributed by atoms with van der Waals surface area (Å²) in [6.45, 7) is 4.20. The molecule has 0 saturated carbocycles. The summed E-state index contributed by atoms with van der Waals surface area (Å²) in [5.41, 5.74) is 12.1. The number of fused-ring (bicyclic) bond motifs is 3. The molecule has 5 rings (SSSR count). The van der Waals surface area contributed by atoms with Crippen molar-refractivity contribution in [2.24, 2.45) is 7.05 Å². The zero-order valence-corrected chi connectivity index (χ0v) is 24.8. The lowest BCUT2D eigenvalue weighted by atomic mass is 9.95. The Morgan fingerprint density at radius 3 is 2.40 bits per heavy atom. The van der Waals surface area contributed by atoms with Crippen molar-refractivity contribution in [3.63, 3.8) is 0 Å². The van der Waals surface area contributed by atoms with Crippen molar-refractivity contribution in [1.82, 2.24) is 4.57 Å². The van der Waals surface area contributed by atoms with Crippen molar-refractivity contribution in [3.8, 4) is 0 Å². The fraction of sp³-hybridized carbons (Fsp3) is 0.258. The zero-order chi connectivity index (χ0) is 27.9. The van der Waals surface area contributed by atoms with Gasteiger partial charge in [-0.15, -0.1) is 0 Å². The number of amides is 1. The molecule has 2 N–H and O–H groups in total. The minimum atomic E-state index is -0.360. The highest BCUT2D eigenvalue weighted by atomic mass is 79.9. The molecule has 1 atom stereocenters. The van der Waals surface area contributed by atoms with Gasteiger partial charge < -0.3 is 42.2 Å². The van der Waals surface area contributed by atoms with Gasteiger partial charge in [0.2, 0.25) is 0 Å². The molecule has 0 radical (unpaired) electrons. The van der Waals surface area contributed by atoms with Crippen LogP contribution in [-0.4, -0.2) is 40.5 Å². The number of carbonyl (C=O) groups is 1. The van der Waals surface area contributed by atoms with Gasteiger partial charge in [0.25, 0.3) is 5.91 Å². The smallest absolute Gasteiger partial charge is 0.323 e. The summed E-state index contributed by atoms with van der Waals surface area (Å²) in [5.74, 6) is 0.263. The summed E-state index contributed by atoms with van der Waals surface area (Å²) in [4.78, 5) is 25.9. The highest BCUT2D eigenvalue weighted by Gasteiger charge is 2.31. The third-order valence-electron chi connectivity index (χ3n) is 7.59. The lowest BCUT2D eigenvalue weighted by molar-refractivity contribution is -0.917. The SMILES string of the molecule is CC1CN(C(=O)/C=C/c2ccc(C[N+](C)(C)Cc3ccc([N+](=O)[O-])n3C)cc2)c2cc(N)c3ccccc3c21.[Br-]. The maximum atomic E-state index is 13.2. The predicted molar refractivity (Wildman–Crippen MR) is 156 cm³/mol. The van der Waals surface area contributed by atoms with E-state index >= 15 is 0 Å². The van der Waals surface area contributed by atoms with Crippen molar-refractivity contribution >= 4 is 39.9 Å². The molecule has 3 aromatic carbocycles. The van der Waals surface area contributed by atoms with E-state index in [9.17, 15) is 14.9 Å². The molecule has 0 saturated heterocycles. The molecule has 1 aromatic heterocycles. The predicted octanol–water partition coefficient (Wildman–Crippen LogP) is 2.61. The second kappa shape index (κ2) is 11.3. The first-order valence-electron chi connectivity index (χ1n) is 13.0. The van der Waals surface area contributed by atoms with Crippen LogP contribution in [0.1, 0.15) is 35.2 Å². The average Bonchev–Trinajstić information content (AvgIpc) is 3.42. The molecule has 208 valence electrons. The number of quaternary nitrogens is 1. The number of halogens is 1. The standard InChI is InChI=1S/C31H34N5O3.BrH/c1-21-18-34(28-17-27(32)25-7-5-6-8-26(25)31(21)28)30(37)16-13-22-9-11-23(12-10-22)19-36(3,4)20-24-14-15-29(33(24)2)35(38)39;/h5-17,21H,18-20,32H2,1-4H3;1H/q+1;/p-1/b16-13+;. The van der Waals surface area contributed by atoms with Crippen LogP contribution < -0.4 is 27.6 Å². The van der Waals surface area contributed by atoms with Crippen LogP contribution in [0, 0.1) is 10.1 Å². The molecule has 4 aromatic rings. The molecule has 2 heterocycles. The fourth-order valence-corrected chi connectivity index (χ4v) is 5.69. The highest BCUT2D eigenvalue weighted by Crippen LogP contribution is 2.43. The number of anilines is 2. The van der Waals surface area contributed by atoms with E-state index in [-0.39, 0.29) is 39.5 Å². The van der Waals surface area contributed by atoms with Gasteiger partial charge in [0.1, 0.15) is 13.1 Å². The molecule has 0 bridgehead atoms. The van der Waals surface area contributed by atoms with Crippen LogP contribution in [0.4, 0.5) is 17.2 Å². The molecule has 1 amide bonds. The number of nitrogens with two attached hydrogens (primary N) is 1. The van der Waals surface area contributed by atoms with Gasteiger partial charge in [0.05, 0.1) is 26.8 Å². The number of rotatable bonds is 7. The summed E-state index contributed by atoms with van der Waals surface area (Å²) in [6, 6.07) is 21.6. The number of nitro groups is 1. The van der Waals surface area contributed by atoms with Crippen molar-refractivity contribution in [2.75, 3.05) is 31.3 Å². The molecule has 40 heavy (non-hydrogen) atoms. The van der Waals surface area contributed by atoms with Gasteiger partial charge in [0.15, 0.2) is 5.69 Å². The molecular formula is C31H34BrN5O3. The zero-order valence-electron chi connectivity index (χ0n) is 23.2. The van der Waals surface area contributed by atoms with Crippen LogP contribution in [0.3, 0.4) is 0 Å². The average molecular weight is 605 g/mol. The van der Waals surface area contributed by atoms with E-state index < -0.39 is 0 Å². The molecule has 1 aliphatic rings. The maximum absolute atomic E-state index is 13.2. The normalized spacial score (nSPS) is 14.9. The van der Waals surface area contributed by atoms with E-state index in [2.05, 4.69) is 39.2 Å². The number of hydrogen-bond acceptors (Lipinski definition) is 4. The van der Waals surface area contributed by atoms with Crippen LogP contribution in [0.5, 0.6) is 0 Å². The van der Waals surface area contributed by atoms with Crippen molar-refractivity contribution < 1.29 is 31.2 Å². The lowest BCUT2D eigenvalue weighted by Crippen LogP contribution is -3.00. The van der Waals surface area contributed by atoms with Crippen molar-refractivity contribution in [2.45, 2.75) is 25.9 Å². The molecule has 8 nitrogen and oxygen atoms in total. The summed E-state index contributed by atoms with van der Waals surface area (Å²) < 4.78 is 2.29. The summed E-state index contributed by atoms with van der Waals surface area (Å²) in [5, 5.41) is 13.3. The van der Waals surface area contributed by atoms with E-state index in [1.54, 1.807) is 23.8 Å². The number of aromatic nitrogens is 1. The van der Waals surface area contributed by atoms with Gasteiger partial charge >= 0.3 is 5.82 Å². The molecular weight excluding hydrogens is 570 g/mol. The molecule has 0 spiro atoms. The van der Waals surface area contributed by atoms with Crippen LogP contribution in [-0.2, 0) is 24.9 Å². The van der Waals surface area contributed by atoms with Gasteiger partial charge in [-0.05, 0) is 39.6 Å². The minimum Gasteiger partial charge on any atom is -1.00 e. The quantitative estimate of drug-likeness (QED) is 0.115. The Morgan fingerprint density at radius 2 is 1.75 bits per heavy atom. The first kappa shape index (κ1) is 29.0. The molecule has 0 fully saturated rings. The van der Waals surface area contributed by atoms with Gasteiger partial charge in [-0.25, -0.2) is 4.57 Å². The minimum absolute atomic E-state index is 0. The Balaban J connectivity index is 0.00000370. The fourth-order valence-electron chi connectivity index (χ4n) is 5.69. The van der Waals surface area contributed by atoms with E-state index in [1.165, 1.54) is 5.56 Å². The Hall–Kier alpha value is -3.95. The van der Waals surface area contributed by atoms with E-state index in [0.717, 1.165) is 39.8 Å². The number of nitrogens with zero attached hydrogens (tertiary/aromatic N) is 4. The first-order valence-corrected chi connectivity index (χ1v) is 13.0. The third-order valence-corrected chi connectivity index (χ3v) is 7.59. The van der Waals surface area contributed by atoms with Crippen molar-refractivity contribution in [1.29, 1.82) is 0 Å². The van der Waals surface area contributed by atoms with E-state index in [1.807, 2.05) is 53.4 Å². The Morgan fingerprint density at radius 1 is 1.07 bits per heavy atom. The van der Waals surface area contributed by atoms with Crippen molar-refractivity contribution in [3.05, 3.63) is 105 Å². The molecule has 1 unspecified atom stereocenters. The Labute approximate surface area is 244 Å². The molecule has 1 aliphatic heterocycles. The molecule has 9 heteroatoms. The third kappa shape index (κ3) is 5.66. The summed E-state index contributed by atoms with van der Waals surface area (Å²) in [6.07, 6.45) is 3.48. The van der Waals surface area contributed by atoms with Gasteiger partial charge in [-0.2, -0.15) is 0 Å². The number of benzene rings is 3. The first-order chi connectivity index (χ1) is 18.5. The van der Waals surface area contributed by atoms with Gasteiger partial charge in [-0.3, -0.25) is 4.79 Å². The monoisotopic (exact) mass is 603 g/mol. The highest BCUT2D eigenvalue weighted by molar-refractivity contribution is 6.09. The second-order valence-corrected chi connectivity index (χ2v) is 11.1. The van der Waals surface area contributed by atoms with Crippen LogP contribution >= 0.6 is 0 Å². The topological polar surface area (TPSA) is 94.4 Å². The van der Waals surface area contributed by atoms with Gasteiger partial charge in [-0.1, -0.05) is 55.5 Å². The number of hydrogen-bond donors (Lipinski definition) is 1. The number of nitrogen functional groups attached to an aromatic ring is 1. The largest absolute Gasteiger partial charge is 1.00 e. The Bertz CT molecular complexity index is 1610. The van der Waals surface area contributed by atoms with Crippen LogP contribution in [0.15, 0.2) is 72.8 Å².